The second kappa shape index (κ2) is 7.29. The van der Waals surface area contributed by atoms with E-state index in [0.29, 0.717) is 21.0 Å². The monoisotopic (exact) mass is 403 g/mol. The molecule has 1 aromatic carbocycles. The molecule has 0 spiro atoms. The van der Waals surface area contributed by atoms with Gasteiger partial charge < -0.3 is 4.43 Å². The Hall–Kier alpha value is -1.30. The van der Waals surface area contributed by atoms with Gasteiger partial charge in [0.15, 0.2) is 0 Å². The minimum Gasteiger partial charge on any atom is -0.408 e. The van der Waals surface area contributed by atoms with Crippen LogP contribution in [0.15, 0.2) is 47.1 Å². The highest BCUT2D eigenvalue weighted by molar-refractivity contribution is 9.10. The number of carbonyl (C=O) groups is 1. The molecule has 0 saturated carbocycles. The lowest BCUT2D eigenvalue weighted by atomic mass is 9.95. The lowest BCUT2D eigenvalue weighted by Gasteiger charge is -2.30. The zero-order chi connectivity index (χ0) is 18.0. The largest absolute Gasteiger partial charge is 0.408 e. The van der Waals surface area contributed by atoms with Crippen molar-refractivity contribution in [3.8, 4) is 0 Å². The van der Waals surface area contributed by atoms with Gasteiger partial charge in [-0.2, -0.15) is 0 Å². The van der Waals surface area contributed by atoms with Gasteiger partial charge in [-0.3, -0.25) is 9.78 Å². The van der Waals surface area contributed by atoms with Crippen LogP contribution in [0.3, 0.4) is 0 Å². The Morgan fingerprint density at radius 2 is 1.83 bits per heavy atom. The minimum absolute atomic E-state index is 0.0905. The molecule has 0 aliphatic rings. The van der Waals surface area contributed by atoms with E-state index in [1.165, 1.54) is 0 Å². The maximum atomic E-state index is 12.7. The molecule has 0 saturated heterocycles. The molecular formula is C19H22BrNO2Si. The van der Waals surface area contributed by atoms with Crippen LogP contribution in [0.5, 0.6) is 0 Å². The van der Waals surface area contributed by atoms with E-state index in [2.05, 4.69) is 41.7 Å². The van der Waals surface area contributed by atoms with Crippen molar-refractivity contribution < 1.29 is 9.22 Å². The molecule has 0 atom stereocenters. The van der Waals surface area contributed by atoms with Crippen LogP contribution < -0.4 is 0 Å². The fraction of sp³-hybridized carbons (Fsp3) is 0.368. The third-order valence-corrected chi connectivity index (χ3v) is 5.05. The number of ketones is 1. The molecule has 126 valence electrons. The smallest absolute Gasteiger partial charge is 0.236 e. The molecule has 0 fully saturated rings. The summed E-state index contributed by atoms with van der Waals surface area (Å²) in [5.74, 6) is -0.0905. The molecule has 0 unspecified atom stereocenters. The van der Waals surface area contributed by atoms with Crippen LogP contribution >= 0.6 is 15.9 Å². The maximum Gasteiger partial charge on any atom is 0.236 e. The number of hydrogen-bond acceptors (Lipinski definition) is 3. The molecule has 1 heterocycles. The molecule has 0 N–H and O–H groups in total. The lowest BCUT2D eigenvalue weighted by Crippen LogP contribution is -2.28. The van der Waals surface area contributed by atoms with Crippen molar-refractivity contribution >= 4 is 31.5 Å². The summed E-state index contributed by atoms with van der Waals surface area (Å²) >= 11 is 3.51. The quantitative estimate of drug-likeness (QED) is 0.510. The summed E-state index contributed by atoms with van der Waals surface area (Å²) in [5, 5.41) is 0.107. The van der Waals surface area contributed by atoms with Crippen molar-refractivity contribution in [2.45, 2.75) is 45.3 Å². The molecule has 5 heteroatoms. The van der Waals surface area contributed by atoms with Crippen molar-refractivity contribution in [1.82, 2.24) is 4.98 Å². The van der Waals surface area contributed by atoms with Crippen molar-refractivity contribution in [1.29, 1.82) is 0 Å². The SMILES string of the molecule is CC(C)(C)[Si]OC(C)(C)c1cc(Br)cc(C(=O)c2ccccn2)c1. The predicted octanol–water partition coefficient (Wildman–Crippen LogP) is 5.16. The van der Waals surface area contributed by atoms with E-state index in [1.54, 1.807) is 18.3 Å². The highest BCUT2D eigenvalue weighted by Crippen LogP contribution is 2.32. The fourth-order valence-electron chi connectivity index (χ4n) is 2.05. The van der Waals surface area contributed by atoms with Gasteiger partial charge in [0.25, 0.3) is 0 Å². The van der Waals surface area contributed by atoms with Crippen LogP contribution in [0, 0.1) is 0 Å². The summed E-state index contributed by atoms with van der Waals surface area (Å²) in [6, 6.07) is 11.1. The van der Waals surface area contributed by atoms with Crippen molar-refractivity contribution in [3.05, 3.63) is 63.9 Å². The summed E-state index contributed by atoms with van der Waals surface area (Å²) in [6.07, 6.45) is 1.63. The number of hydrogen-bond donors (Lipinski definition) is 0. The van der Waals surface area contributed by atoms with Crippen LogP contribution in [0.4, 0.5) is 0 Å². The standard InChI is InChI=1S/C19H22BrNO2Si/c1-18(2,3)24-23-19(4,5)14-10-13(11-15(20)12-14)17(22)16-8-6-7-9-21-16/h6-12H,1-5H3. The number of rotatable bonds is 5. The van der Waals surface area contributed by atoms with Gasteiger partial charge in [0.2, 0.25) is 15.5 Å². The van der Waals surface area contributed by atoms with Gasteiger partial charge in [-0.25, -0.2) is 0 Å². The van der Waals surface area contributed by atoms with Gasteiger partial charge in [-0.05, 0) is 54.8 Å². The van der Waals surface area contributed by atoms with Gasteiger partial charge >= 0.3 is 0 Å². The number of halogens is 1. The molecule has 0 aliphatic heterocycles. The second-order valence-corrected chi connectivity index (χ2v) is 10.1. The Kier molecular flexibility index (Phi) is 5.78. The zero-order valence-corrected chi connectivity index (χ0v) is 17.3. The predicted molar refractivity (Wildman–Crippen MR) is 101 cm³/mol. The van der Waals surface area contributed by atoms with Crippen LogP contribution in [0.1, 0.15) is 56.2 Å². The van der Waals surface area contributed by atoms with Crippen molar-refractivity contribution in [3.63, 3.8) is 0 Å². The Labute approximate surface area is 154 Å². The van der Waals surface area contributed by atoms with Gasteiger partial charge in [0.1, 0.15) is 5.69 Å². The lowest BCUT2D eigenvalue weighted by molar-refractivity contribution is 0.102. The van der Waals surface area contributed by atoms with E-state index < -0.39 is 5.60 Å². The third kappa shape index (κ3) is 5.10. The highest BCUT2D eigenvalue weighted by atomic mass is 79.9. The molecule has 2 radical (unpaired) electrons. The molecule has 2 aromatic rings. The molecule has 0 bridgehead atoms. The maximum absolute atomic E-state index is 12.7. The third-order valence-electron chi connectivity index (χ3n) is 3.37. The molecule has 3 nitrogen and oxygen atoms in total. The number of nitrogens with zero attached hydrogens (tertiary/aromatic N) is 1. The first-order chi connectivity index (χ1) is 11.1. The van der Waals surface area contributed by atoms with Crippen LogP contribution in [-0.2, 0) is 10.0 Å². The average molecular weight is 404 g/mol. The van der Waals surface area contributed by atoms with E-state index in [0.717, 1.165) is 10.0 Å². The Bertz CT molecular complexity index is 724. The van der Waals surface area contributed by atoms with Crippen LogP contribution in [0.2, 0.25) is 5.04 Å². The van der Waals surface area contributed by atoms with Gasteiger partial charge in [-0.1, -0.05) is 42.8 Å². The highest BCUT2D eigenvalue weighted by Gasteiger charge is 2.26. The summed E-state index contributed by atoms with van der Waals surface area (Å²) < 4.78 is 7.01. The number of aromatic nitrogens is 1. The van der Waals surface area contributed by atoms with Gasteiger partial charge in [0.05, 0.1) is 5.60 Å². The number of pyridine rings is 1. The Balaban J connectivity index is 2.33. The molecule has 0 amide bonds. The second-order valence-electron chi connectivity index (χ2n) is 7.24. The van der Waals surface area contributed by atoms with Crippen LogP contribution in [0.25, 0.3) is 0 Å². The molecule has 24 heavy (non-hydrogen) atoms. The minimum atomic E-state index is -0.478. The summed E-state index contributed by atoms with van der Waals surface area (Å²) in [5.41, 5.74) is 1.54. The summed E-state index contributed by atoms with van der Waals surface area (Å²) in [4.78, 5) is 16.8. The Morgan fingerprint density at radius 1 is 1.12 bits per heavy atom. The molecular weight excluding hydrogens is 382 g/mol. The molecule has 2 rings (SSSR count). The summed E-state index contributed by atoms with van der Waals surface area (Å²) in [7, 11) is 0.367. The van der Waals surface area contributed by atoms with E-state index in [1.807, 2.05) is 38.1 Å². The number of carbonyl (C=O) groups excluding carboxylic acids is 1. The first kappa shape index (κ1) is 19.0. The molecule has 1 aromatic heterocycles. The van der Waals surface area contributed by atoms with Gasteiger partial charge in [-0.15, -0.1) is 0 Å². The fourth-order valence-corrected chi connectivity index (χ4v) is 3.23. The van der Waals surface area contributed by atoms with E-state index in [9.17, 15) is 4.79 Å². The normalized spacial score (nSPS) is 12.2. The first-order valence-electron chi connectivity index (χ1n) is 7.80. The van der Waals surface area contributed by atoms with E-state index in [-0.39, 0.29) is 10.8 Å². The topological polar surface area (TPSA) is 39.2 Å². The van der Waals surface area contributed by atoms with Crippen LogP contribution in [-0.4, -0.2) is 20.5 Å². The Morgan fingerprint density at radius 3 is 2.42 bits per heavy atom. The first-order valence-corrected chi connectivity index (χ1v) is 9.51. The number of benzene rings is 1. The zero-order valence-electron chi connectivity index (χ0n) is 14.7. The van der Waals surface area contributed by atoms with E-state index in [4.69, 9.17) is 4.43 Å². The summed E-state index contributed by atoms with van der Waals surface area (Å²) in [6.45, 7) is 10.5. The van der Waals surface area contributed by atoms with Gasteiger partial charge in [0, 0.05) is 16.2 Å². The van der Waals surface area contributed by atoms with Crippen molar-refractivity contribution in [2.24, 2.45) is 0 Å². The van der Waals surface area contributed by atoms with E-state index >= 15 is 0 Å². The van der Waals surface area contributed by atoms with Crippen molar-refractivity contribution in [2.75, 3.05) is 0 Å². The average Bonchev–Trinajstić information content (AvgIpc) is 2.52. The molecule has 0 aliphatic carbocycles.